The molecule has 0 aliphatic heterocycles. The van der Waals surface area contributed by atoms with Gasteiger partial charge >= 0.3 is 352 Å². The van der Waals surface area contributed by atoms with Gasteiger partial charge in [-0.15, -0.1) is 0 Å². The number of hydrogen-bond donors (Lipinski definition) is 0. The number of hydrogen-bond acceptors (Lipinski definition) is 2. The first-order valence-electron chi connectivity index (χ1n) is 29.6. The summed E-state index contributed by atoms with van der Waals surface area (Å²) < 4.78 is 94.6. The Labute approximate surface area is 449 Å². The molecule has 0 saturated heterocycles. The molecular weight excluding hydrogens is 1060 g/mol. The van der Waals surface area contributed by atoms with Crippen LogP contribution in [-0.2, 0) is 35.6 Å². The van der Waals surface area contributed by atoms with Crippen LogP contribution < -0.4 is 4.74 Å². The summed E-state index contributed by atoms with van der Waals surface area (Å²) in [4.78, 5) is 4.94. The van der Waals surface area contributed by atoms with Gasteiger partial charge in [0.05, 0.1) is 5.48 Å². The summed E-state index contributed by atoms with van der Waals surface area (Å²) in [6.07, 6.45) is 7.38. The zero-order chi connectivity index (χ0) is 58.0. The van der Waals surface area contributed by atoms with Crippen LogP contribution in [0.1, 0.15) is 123 Å². The van der Waals surface area contributed by atoms with Gasteiger partial charge < -0.3 is 0 Å². The van der Waals surface area contributed by atoms with E-state index < -0.39 is 18.1 Å². The molecule has 0 bridgehead atoms. The van der Waals surface area contributed by atoms with Crippen molar-refractivity contribution in [1.82, 2.24) is 18.7 Å². The van der Waals surface area contributed by atoms with Gasteiger partial charge in [-0.1, -0.05) is 52.1 Å². The summed E-state index contributed by atoms with van der Waals surface area (Å²) in [5.74, 6) is 1.58. The summed E-state index contributed by atoms with van der Waals surface area (Å²) in [6, 6.07) is 35.5. The maximum atomic E-state index is 9.31. The van der Waals surface area contributed by atoms with Crippen molar-refractivity contribution in [3.8, 4) is 50.9 Å². The van der Waals surface area contributed by atoms with Crippen molar-refractivity contribution in [3.05, 3.63) is 196 Å². The van der Waals surface area contributed by atoms with E-state index in [2.05, 4.69) is 127 Å². The summed E-state index contributed by atoms with van der Waals surface area (Å²) in [5.41, 5.74) is 9.31. The van der Waals surface area contributed by atoms with E-state index in [0.717, 1.165) is 68.5 Å². The summed E-state index contributed by atoms with van der Waals surface area (Å²) >= 11 is 2.34. The molecule has 7 aromatic carbocycles. The Morgan fingerprint density at radius 3 is 1.88 bits per heavy atom. The summed E-state index contributed by atoms with van der Waals surface area (Å²) in [5, 5.41) is 1.06. The van der Waals surface area contributed by atoms with Crippen molar-refractivity contribution >= 4 is 32.8 Å². The molecule has 1 saturated carbocycles. The van der Waals surface area contributed by atoms with Gasteiger partial charge in [0.25, 0.3) is 0 Å². The second kappa shape index (κ2) is 18.2. The van der Waals surface area contributed by atoms with Crippen molar-refractivity contribution in [3.63, 3.8) is 0 Å². The van der Waals surface area contributed by atoms with E-state index in [1.165, 1.54) is 12.0 Å². The third kappa shape index (κ3) is 8.42. The first kappa shape index (κ1) is 38.1. The monoisotopic (exact) mass is 1130 g/mol. The van der Waals surface area contributed by atoms with Gasteiger partial charge in [-0.2, -0.15) is 0 Å². The number of nitrogens with zero attached hydrogens (tertiary/aromatic N) is 4. The number of benzene rings is 7. The summed E-state index contributed by atoms with van der Waals surface area (Å²) in [7, 11) is 0. The number of pyridine rings is 1. The van der Waals surface area contributed by atoms with Gasteiger partial charge in [0, 0.05) is 11.6 Å². The van der Waals surface area contributed by atoms with E-state index in [-0.39, 0.29) is 63.5 Å². The molecule has 5 nitrogen and oxygen atoms in total. The second-order valence-electron chi connectivity index (χ2n) is 22.5. The number of rotatable bonds is 8. The van der Waals surface area contributed by atoms with E-state index in [1.807, 2.05) is 89.6 Å². The third-order valence-electron chi connectivity index (χ3n) is 15.1. The quantitative estimate of drug-likeness (QED) is 0.152. The number of aromatic nitrogens is 4. The van der Waals surface area contributed by atoms with Gasteiger partial charge in [-0.25, -0.2) is 0 Å². The molecule has 0 amide bonds. The van der Waals surface area contributed by atoms with Crippen molar-refractivity contribution in [1.29, 1.82) is 0 Å². The molecule has 1 aliphatic carbocycles. The van der Waals surface area contributed by atoms with Crippen LogP contribution in [0, 0.1) is 9.22 Å². The topological polar surface area (TPSA) is 36.9 Å². The van der Waals surface area contributed by atoms with Gasteiger partial charge in [0.15, 0.2) is 0 Å². The van der Waals surface area contributed by atoms with Crippen LogP contribution in [0.4, 0.5) is 0 Å². The molecule has 366 valence electrons. The Bertz CT molecular complexity index is 4220. The Morgan fingerprint density at radius 1 is 0.542 bits per heavy atom. The van der Waals surface area contributed by atoms with E-state index >= 15 is 0 Å². The average Bonchev–Trinajstić information content (AvgIpc) is 4.02. The second-order valence-corrected chi connectivity index (χ2v) is 23.6. The van der Waals surface area contributed by atoms with Gasteiger partial charge in [0.1, 0.15) is 0 Å². The van der Waals surface area contributed by atoms with E-state index in [4.69, 9.17) is 16.6 Å². The standard InChI is InChI=1S/C66H66N4O.Pt/c1-63(2,3)48-38-46(39-49(40-48)64(4,5)6)54-28-21-27-53(45-22-12-10-13-23-45)62(54)69-44-68(58-30-16-17-31-59(58)69)50-24-20-25-51(42-50)71-52-32-33-56-55-26-14-15-29-57(55)70(60(56)43-52)61-41-47(34-37-67-61)66(65(7,8)9)35-18-11-19-36-66;/h10,12-17,20-34,37-43H,11,18-19,35-36H2,1-9H3;/i10D,12D,13D,14D,15D,22D,23D,26D,29D;. The summed E-state index contributed by atoms with van der Waals surface area (Å²) in [6.45, 7) is 20.1. The predicted octanol–water partition coefficient (Wildman–Crippen LogP) is 18.0. The van der Waals surface area contributed by atoms with Crippen molar-refractivity contribution in [2.75, 3.05) is 0 Å². The van der Waals surface area contributed by atoms with Crippen LogP contribution in [-0.4, -0.2) is 18.7 Å². The fraction of sp³-hybridized carbons (Fsp3) is 0.273. The van der Waals surface area contributed by atoms with E-state index in [0.29, 0.717) is 50.4 Å². The molecule has 1 fully saturated rings. The minimum absolute atomic E-state index is 0.0478. The Morgan fingerprint density at radius 2 is 1.18 bits per heavy atom. The molecule has 0 N–H and O–H groups in total. The molecule has 11 rings (SSSR count). The number of para-hydroxylation sites is 4. The van der Waals surface area contributed by atoms with Crippen LogP contribution in [0.2, 0.25) is 0 Å². The number of fused-ring (bicyclic) bond motifs is 4. The minimum atomic E-state index is -0.456. The molecule has 3 heterocycles. The predicted molar refractivity (Wildman–Crippen MR) is 297 cm³/mol. The van der Waals surface area contributed by atoms with Crippen LogP contribution in [0.25, 0.3) is 72.3 Å². The van der Waals surface area contributed by atoms with Crippen LogP contribution in [0.15, 0.2) is 176 Å². The zero-order valence-corrected chi connectivity index (χ0v) is 44.9. The van der Waals surface area contributed by atoms with Crippen LogP contribution in [0.3, 0.4) is 0 Å². The molecule has 10 aromatic rings. The van der Waals surface area contributed by atoms with Crippen molar-refractivity contribution < 1.29 is 36.4 Å². The first-order valence-corrected chi connectivity index (χ1v) is 26.2. The Hall–Kier alpha value is -6.55. The SMILES string of the molecule is [2H]c1c([2H])c([2H])c(-c2cccc(-c3cc(C(C)(C)C)cc(C(C)(C)C)c3)c2-n2[c](=[Pt])n(-c3cccc(Oc4ccc5c6c([2H])c([2H])c([2H])c([2H])c6n(-c6cc(C7(C(C)(C)C)CCCCC7)ccn6)c5c4)c3)c3ccccc32)c([2H])c1[2H]. The van der Waals surface area contributed by atoms with E-state index in [1.54, 1.807) is 0 Å². The van der Waals surface area contributed by atoms with Crippen molar-refractivity contribution in [2.45, 2.75) is 111 Å². The average molecular weight is 1140 g/mol. The third-order valence-corrected chi connectivity index (χ3v) is 16.1. The molecule has 0 unspecified atom stereocenters. The number of ether oxygens (including phenoxy) is 1. The molecule has 0 atom stereocenters. The molecule has 0 spiro atoms. The molecule has 72 heavy (non-hydrogen) atoms. The van der Waals surface area contributed by atoms with Gasteiger partial charge in [-0.3, -0.25) is 0 Å². The Balaban J connectivity index is 1.10. The van der Waals surface area contributed by atoms with Crippen molar-refractivity contribution in [2.24, 2.45) is 5.41 Å². The van der Waals surface area contributed by atoms with Gasteiger partial charge in [0.2, 0.25) is 0 Å². The number of imidazole rings is 1. The van der Waals surface area contributed by atoms with Crippen LogP contribution >= 0.6 is 0 Å². The fourth-order valence-corrected chi connectivity index (χ4v) is 12.2. The van der Waals surface area contributed by atoms with Gasteiger partial charge in [-0.05, 0) is 29.9 Å². The maximum absolute atomic E-state index is 9.31. The zero-order valence-electron chi connectivity index (χ0n) is 51.6. The Kier molecular flexibility index (Phi) is 9.63. The normalized spacial score (nSPS) is 16.1. The molecular formula is C66H66N4OPt. The first-order chi connectivity index (χ1) is 38.2. The molecule has 6 heteroatoms. The molecule has 1 aliphatic rings. The molecule has 0 radical (unpaired) electrons. The van der Waals surface area contributed by atoms with E-state index in [9.17, 15) is 5.48 Å². The fourth-order valence-electron chi connectivity index (χ4n) is 11.1. The van der Waals surface area contributed by atoms with Crippen LogP contribution in [0.5, 0.6) is 11.5 Å². The molecule has 3 aromatic heterocycles.